The number of aldehydes is 1. The van der Waals surface area contributed by atoms with Gasteiger partial charge in [-0.1, -0.05) is 0 Å². The van der Waals surface area contributed by atoms with Crippen LogP contribution < -0.4 is 0 Å². The Morgan fingerprint density at radius 2 is 2.23 bits per heavy atom. The van der Waals surface area contributed by atoms with Crippen molar-refractivity contribution in [3.05, 3.63) is 25.5 Å². The van der Waals surface area contributed by atoms with Gasteiger partial charge in [0.2, 0.25) is 0 Å². The number of alkyl halides is 2. The Balaban J connectivity index is 3.30. The largest absolute Gasteiger partial charge is 0.298 e. The lowest BCUT2D eigenvalue weighted by molar-refractivity contribution is 0.112. The summed E-state index contributed by atoms with van der Waals surface area (Å²) < 4.78 is 25.1. The number of halogens is 4. The molecule has 2 nitrogen and oxygen atoms in total. The van der Waals surface area contributed by atoms with E-state index in [0.717, 1.165) is 6.07 Å². The first-order valence-electron chi connectivity index (χ1n) is 3.15. The summed E-state index contributed by atoms with van der Waals surface area (Å²) >= 11 is 4.71. The fraction of sp³-hybridized carbons (Fsp3) is 0.143. The third-order valence-corrected chi connectivity index (χ3v) is 2.84. The second-order valence-corrected chi connectivity index (χ2v) is 3.94. The number of rotatable bonds is 2. The van der Waals surface area contributed by atoms with Gasteiger partial charge in [-0.05, 0) is 44.6 Å². The Morgan fingerprint density at radius 1 is 1.62 bits per heavy atom. The minimum Gasteiger partial charge on any atom is -0.298 e. The molecule has 6 heteroatoms. The molecule has 1 aromatic heterocycles. The first-order chi connectivity index (χ1) is 6.06. The maximum Gasteiger partial charge on any atom is 0.266 e. The monoisotopic (exact) mass is 361 g/mol. The van der Waals surface area contributed by atoms with Gasteiger partial charge in [-0.3, -0.25) is 4.79 Å². The van der Waals surface area contributed by atoms with Crippen LogP contribution in [0, 0.1) is 3.70 Å². The van der Waals surface area contributed by atoms with Crippen LogP contribution in [0.3, 0.4) is 0 Å². The molecule has 1 aromatic rings. The first kappa shape index (κ1) is 11.0. The van der Waals surface area contributed by atoms with Crippen LogP contribution in [-0.2, 0) is 0 Å². The van der Waals surface area contributed by atoms with E-state index in [1.165, 1.54) is 0 Å². The molecule has 0 aliphatic carbocycles. The number of carbonyl (C=O) groups excluding carboxylic acids is 1. The Morgan fingerprint density at radius 3 is 2.69 bits per heavy atom. The first-order valence-corrected chi connectivity index (χ1v) is 5.02. The number of aromatic nitrogens is 1. The normalized spacial score (nSPS) is 10.5. The average Bonchev–Trinajstić information content (AvgIpc) is 2.03. The topological polar surface area (TPSA) is 30.0 Å². The van der Waals surface area contributed by atoms with E-state index in [1.807, 2.05) is 22.6 Å². The van der Waals surface area contributed by atoms with E-state index >= 15 is 0 Å². The number of pyridine rings is 1. The lowest BCUT2D eigenvalue weighted by atomic mass is 10.2. The summed E-state index contributed by atoms with van der Waals surface area (Å²) in [5, 5.41) is 0. The van der Waals surface area contributed by atoms with E-state index in [0.29, 0.717) is 9.99 Å². The summed E-state index contributed by atoms with van der Waals surface area (Å²) in [6.07, 6.45) is -2.12. The van der Waals surface area contributed by atoms with E-state index in [9.17, 15) is 13.6 Å². The Kier molecular flexibility index (Phi) is 3.72. The lowest BCUT2D eigenvalue weighted by Crippen LogP contribution is -1.97. The molecule has 0 bridgehead atoms. The predicted molar refractivity (Wildman–Crippen MR) is 55.0 cm³/mol. The van der Waals surface area contributed by atoms with Crippen molar-refractivity contribution in [3.63, 3.8) is 0 Å². The van der Waals surface area contributed by atoms with Crippen LogP contribution >= 0.6 is 38.5 Å². The average molecular weight is 362 g/mol. The molecule has 1 heterocycles. The summed E-state index contributed by atoms with van der Waals surface area (Å²) in [4.78, 5) is 14.2. The zero-order valence-corrected chi connectivity index (χ0v) is 9.84. The molecule has 0 atom stereocenters. The van der Waals surface area contributed by atoms with Gasteiger partial charge in [0, 0.05) is 5.56 Å². The van der Waals surface area contributed by atoms with Crippen LogP contribution in [0.4, 0.5) is 8.78 Å². The maximum atomic E-state index is 12.3. The molecule has 0 radical (unpaired) electrons. The molecule has 0 aliphatic rings. The SMILES string of the molecule is O=Cc1cc(C(F)F)c(Br)nc1I. The minimum absolute atomic E-state index is 0.0810. The van der Waals surface area contributed by atoms with E-state index < -0.39 is 6.43 Å². The molecule has 0 saturated carbocycles. The van der Waals surface area contributed by atoms with Crippen molar-refractivity contribution in [3.8, 4) is 0 Å². The van der Waals surface area contributed by atoms with Gasteiger partial charge in [0.15, 0.2) is 6.29 Å². The highest BCUT2D eigenvalue weighted by molar-refractivity contribution is 14.1. The van der Waals surface area contributed by atoms with Gasteiger partial charge >= 0.3 is 0 Å². The lowest BCUT2D eigenvalue weighted by Gasteiger charge is -2.04. The van der Waals surface area contributed by atoms with Crippen LogP contribution in [0.5, 0.6) is 0 Å². The Hall–Kier alpha value is -0.110. The summed E-state index contributed by atoms with van der Waals surface area (Å²) in [6, 6.07) is 1.14. The van der Waals surface area contributed by atoms with E-state index in [1.54, 1.807) is 0 Å². The van der Waals surface area contributed by atoms with Crippen molar-refractivity contribution in [1.82, 2.24) is 4.98 Å². The van der Waals surface area contributed by atoms with Crippen LogP contribution in [0.1, 0.15) is 22.3 Å². The fourth-order valence-electron chi connectivity index (χ4n) is 0.738. The van der Waals surface area contributed by atoms with Gasteiger partial charge in [0.05, 0.1) is 5.56 Å². The molecular weight excluding hydrogens is 359 g/mol. The summed E-state index contributed by atoms with van der Waals surface area (Å²) in [7, 11) is 0. The number of carbonyl (C=O) groups is 1. The van der Waals surface area contributed by atoms with Gasteiger partial charge in [-0.15, -0.1) is 0 Å². The quantitative estimate of drug-likeness (QED) is 0.460. The van der Waals surface area contributed by atoms with Gasteiger partial charge in [-0.25, -0.2) is 13.8 Å². The molecule has 13 heavy (non-hydrogen) atoms. The van der Waals surface area contributed by atoms with Gasteiger partial charge in [0.25, 0.3) is 6.43 Å². The van der Waals surface area contributed by atoms with E-state index in [2.05, 4.69) is 20.9 Å². The highest BCUT2D eigenvalue weighted by atomic mass is 127. The van der Waals surface area contributed by atoms with Gasteiger partial charge in [0.1, 0.15) is 8.30 Å². The molecule has 0 aromatic carbocycles. The Bertz CT molecular complexity index is 346. The van der Waals surface area contributed by atoms with Crippen LogP contribution in [0.2, 0.25) is 0 Å². The molecule has 0 unspecified atom stereocenters. The molecular formula is C7H3BrF2INO. The smallest absolute Gasteiger partial charge is 0.266 e. The van der Waals surface area contributed by atoms with E-state index in [-0.39, 0.29) is 15.7 Å². The maximum absolute atomic E-state index is 12.3. The van der Waals surface area contributed by atoms with Crippen molar-refractivity contribution >= 4 is 44.8 Å². The van der Waals surface area contributed by atoms with Crippen molar-refractivity contribution in [2.75, 3.05) is 0 Å². The van der Waals surface area contributed by atoms with Crippen LogP contribution in [0.25, 0.3) is 0 Å². The van der Waals surface area contributed by atoms with Crippen molar-refractivity contribution in [1.29, 1.82) is 0 Å². The molecule has 70 valence electrons. The second kappa shape index (κ2) is 4.41. The predicted octanol–water partition coefficient (Wildman–Crippen LogP) is 3.20. The number of hydrogen-bond donors (Lipinski definition) is 0. The second-order valence-electron chi connectivity index (χ2n) is 2.17. The number of nitrogens with zero attached hydrogens (tertiary/aromatic N) is 1. The standard InChI is InChI=1S/C7H3BrF2INO/c8-5-4(6(9)10)1-3(2-13)7(11)12-5/h1-2,6H. The molecule has 0 fully saturated rings. The van der Waals surface area contributed by atoms with Crippen molar-refractivity contribution in [2.24, 2.45) is 0 Å². The molecule has 0 N–H and O–H groups in total. The van der Waals surface area contributed by atoms with E-state index in [4.69, 9.17) is 0 Å². The fourth-order valence-corrected chi connectivity index (χ4v) is 2.06. The van der Waals surface area contributed by atoms with Crippen molar-refractivity contribution in [2.45, 2.75) is 6.43 Å². The third-order valence-electron chi connectivity index (χ3n) is 1.35. The van der Waals surface area contributed by atoms with Crippen LogP contribution in [-0.4, -0.2) is 11.3 Å². The molecule has 0 spiro atoms. The third kappa shape index (κ3) is 2.43. The molecule has 1 rings (SSSR count). The highest BCUT2D eigenvalue weighted by Gasteiger charge is 2.15. The molecule has 0 saturated heterocycles. The Labute approximate surface area is 95.0 Å². The summed E-state index contributed by atoms with van der Waals surface area (Å²) in [5.41, 5.74) is -0.0818. The molecule has 0 aliphatic heterocycles. The minimum atomic E-state index is -2.63. The zero-order valence-electron chi connectivity index (χ0n) is 6.10. The highest BCUT2D eigenvalue weighted by Crippen LogP contribution is 2.27. The van der Waals surface area contributed by atoms with Crippen molar-refractivity contribution < 1.29 is 13.6 Å². The summed E-state index contributed by atoms with van der Waals surface area (Å²) in [5.74, 6) is 0. The summed E-state index contributed by atoms with van der Waals surface area (Å²) in [6.45, 7) is 0. The number of hydrogen-bond acceptors (Lipinski definition) is 2. The zero-order chi connectivity index (χ0) is 10.0. The van der Waals surface area contributed by atoms with Gasteiger partial charge < -0.3 is 0 Å². The molecule has 0 amide bonds. The van der Waals surface area contributed by atoms with Crippen LogP contribution in [0.15, 0.2) is 10.7 Å². The van der Waals surface area contributed by atoms with Gasteiger partial charge in [-0.2, -0.15) is 0 Å².